The monoisotopic (exact) mass is 276 g/mol. The van der Waals surface area contributed by atoms with Gasteiger partial charge in [0, 0.05) is 25.2 Å². The molecule has 2 rings (SSSR count). The highest BCUT2D eigenvalue weighted by Crippen LogP contribution is 2.25. The first-order valence-corrected chi connectivity index (χ1v) is 7.92. The van der Waals surface area contributed by atoms with Crippen molar-refractivity contribution in [2.45, 2.75) is 58.2 Å². The van der Waals surface area contributed by atoms with Gasteiger partial charge >= 0.3 is 0 Å². The van der Waals surface area contributed by atoms with Crippen molar-refractivity contribution in [1.82, 2.24) is 4.90 Å². The maximum Gasteiger partial charge on any atom is 0.119 e. The highest BCUT2D eigenvalue weighted by Gasteiger charge is 2.28. The lowest BCUT2D eigenvalue weighted by Gasteiger charge is -2.27. The summed E-state index contributed by atoms with van der Waals surface area (Å²) in [6.07, 6.45) is 5.06. The van der Waals surface area contributed by atoms with Crippen LogP contribution in [0, 0.1) is 0 Å². The van der Waals surface area contributed by atoms with Crippen LogP contribution in [0.3, 0.4) is 0 Å². The number of nitrogens with zero attached hydrogens (tertiary/aromatic N) is 1. The van der Waals surface area contributed by atoms with E-state index < -0.39 is 0 Å². The highest BCUT2D eigenvalue weighted by atomic mass is 16.5. The molecule has 1 aromatic rings. The lowest BCUT2D eigenvalue weighted by molar-refractivity contribution is 0.179. The van der Waals surface area contributed by atoms with Crippen molar-refractivity contribution in [3.63, 3.8) is 0 Å². The van der Waals surface area contributed by atoms with Crippen LogP contribution in [-0.4, -0.2) is 30.1 Å². The van der Waals surface area contributed by atoms with Crippen LogP contribution in [0.2, 0.25) is 0 Å². The quantitative estimate of drug-likeness (QED) is 0.777. The van der Waals surface area contributed by atoms with Crippen LogP contribution in [-0.2, 0) is 6.54 Å². The molecule has 112 valence electrons. The predicted octanol–water partition coefficient (Wildman–Crippen LogP) is 3.18. The van der Waals surface area contributed by atoms with E-state index in [4.69, 9.17) is 10.5 Å². The van der Waals surface area contributed by atoms with Gasteiger partial charge in [0.05, 0.1) is 6.61 Å². The first-order valence-electron chi connectivity index (χ1n) is 7.92. The Bertz CT molecular complexity index is 408. The largest absolute Gasteiger partial charge is 0.494 e. The molecule has 1 aliphatic rings. The van der Waals surface area contributed by atoms with Crippen LogP contribution in [0.15, 0.2) is 24.3 Å². The second-order valence-electron chi connectivity index (χ2n) is 5.78. The summed E-state index contributed by atoms with van der Waals surface area (Å²) < 4.78 is 5.83. The molecule has 3 heteroatoms. The molecule has 1 fully saturated rings. The second kappa shape index (κ2) is 7.65. The third-order valence-corrected chi connectivity index (χ3v) is 4.39. The minimum absolute atomic E-state index is 0.570. The van der Waals surface area contributed by atoms with E-state index in [1.165, 1.54) is 19.3 Å². The van der Waals surface area contributed by atoms with Gasteiger partial charge < -0.3 is 10.5 Å². The van der Waals surface area contributed by atoms with E-state index in [2.05, 4.69) is 18.7 Å². The van der Waals surface area contributed by atoms with Gasteiger partial charge in [-0.15, -0.1) is 0 Å². The second-order valence-corrected chi connectivity index (χ2v) is 5.78. The van der Waals surface area contributed by atoms with Crippen molar-refractivity contribution in [1.29, 1.82) is 0 Å². The van der Waals surface area contributed by atoms with Crippen molar-refractivity contribution in [2.24, 2.45) is 5.73 Å². The Hall–Kier alpha value is -1.06. The van der Waals surface area contributed by atoms with Gasteiger partial charge in [0.25, 0.3) is 0 Å². The molecular formula is C17H28N2O. The molecular weight excluding hydrogens is 248 g/mol. The number of rotatable bonds is 7. The first kappa shape index (κ1) is 15.3. The number of nitrogens with two attached hydrogens (primary N) is 1. The summed E-state index contributed by atoms with van der Waals surface area (Å²) in [5.74, 6) is 0.939. The molecule has 2 unspecified atom stereocenters. The van der Waals surface area contributed by atoms with E-state index >= 15 is 0 Å². The summed E-state index contributed by atoms with van der Waals surface area (Å²) in [6.45, 7) is 7.15. The van der Waals surface area contributed by atoms with Crippen molar-refractivity contribution in [2.75, 3.05) is 13.2 Å². The minimum Gasteiger partial charge on any atom is -0.494 e. The van der Waals surface area contributed by atoms with E-state index in [0.29, 0.717) is 6.54 Å². The Morgan fingerprint density at radius 1 is 1.35 bits per heavy atom. The Labute approximate surface area is 123 Å². The molecule has 0 radical (unpaired) electrons. The molecule has 3 nitrogen and oxygen atoms in total. The Morgan fingerprint density at radius 3 is 2.95 bits per heavy atom. The first-order chi connectivity index (χ1) is 9.74. The average molecular weight is 276 g/mol. The van der Waals surface area contributed by atoms with Gasteiger partial charge in [-0.1, -0.05) is 19.1 Å². The summed E-state index contributed by atoms with van der Waals surface area (Å²) >= 11 is 0. The number of ether oxygens (including phenoxy) is 1. The topological polar surface area (TPSA) is 38.5 Å². The summed E-state index contributed by atoms with van der Waals surface area (Å²) in [5, 5.41) is 0. The lowest BCUT2D eigenvalue weighted by atomic mass is 10.1. The standard InChI is InChI=1S/C17H28N2O/c1-3-16-9-8-14(2)19(16)10-5-11-20-17-7-4-6-15(12-17)13-18/h4,6-7,12,14,16H,3,5,8-11,13,18H2,1-2H3. The molecule has 1 aliphatic heterocycles. The van der Waals surface area contributed by atoms with Gasteiger partial charge in [0.1, 0.15) is 5.75 Å². The maximum atomic E-state index is 5.83. The third kappa shape index (κ3) is 3.97. The molecule has 2 atom stereocenters. The molecule has 0 aromatic heterocycles. The average Bonchev–Trinajstić information content (AvgIpc) is 2.84. The number of likely N-dealkylation sites (tertiary alicyclic amines) is 1. The van der Waals surface area contributed by atoms with Gasteiger partial charge in [-0.3, -0.25) is 4.90 Å². The van der Waals surface area contributed by atoms with Crippen molar-refractivity contribution < 1.29 is 4.74 Å². The molecule has 1 aromatic carbocycles. The van der Waals surface area contributed by atoms with E-state index in [1.807, 2.05) is 24.3 Å². The molecule has 1 saturated heterocycles. The van der Waals surface area contributed by atoms with Crippen LogP contribution in [0.5, 0.6) is 5.75 Å². The molecule has 0 bridgehead atoms. The molecule has 0 amide bonds. The SMILES string of the molecule is CCC1CCC(C)N1CCCOc1cccc(CN)c1. The van der Waals surface area contributed by atoms with Gasteiger partial charge in [0.2, 0.25) is 0 Å². The predicted molar refractivity (Wildman–Crippen MR) is 83.9 cm³/mol. The van der Waals surface area contributed by atoms with Gasteiger partial charge in [-0.2, -0.15) is 0 Å². The van der Waals surface area contributed by atoms with E-state index in [0.717, 1.165) is 43.0 Å². The number of benzene rings is 1. The third-order valence-electron chi connectivity index (χ3n) is 4.39. The van der Waals surface area contributed by atoms with E-state index in [-0.39, 0.29) is 0 Å². The molecule has 20 heavy (non-hydrogen) atoms. The fourth-order valence-corrected chi connectivity index (χ4v) is 3.17. The number of hydrogen-bond acceptors (Lipinski definition) is 3. The summed E-state index contributed by atoms with van der Waals surface area (Å²) in [4.78, 5) is 2.65. The van der Waals surface area contributed by atoms with Gasteiger partial charge in [0.15, 0.2) is 0 Å². The smallest absolute Gasteiger partial charge is 0.119 e. The molecule has 0 spiro atoms. The zero-order valence-corrected chi connectivity index (χ0v) is 12.8. The van der Waals surface area contributed by atoms with Crippen LogP contribution in [0.1, 0.15) is 45.1 Å². The zero-order chi connectivity index (χ0) is 14.4. The van der Waals surface area contributed by atoms with Crippen molar-refractivity contribution in [3.8, 4) is 5.75 Å². The van der Waals surface area contributed by atoms with Crippen LogP contribution in [0.4, 0.5) is 0 Å². The Morgan fingerprint density at radius 2 is 2.20 bits per heavy atom. The van der Waals surface area contributed by atoms with Crippen LogP contribution < -0.4 is 10.5 Å². The maximum absolute atomic E-state index is 5.83. The zero-order valence-electron chi connectivity index (χ0n) is 12.8. The van der Waals surface area contributed by atoms with E-state index in [1.54, 1.807) is 0 Å². The normalized spacial score (nSPS) is 23.1. The Balaban J connectivity index is 1.73. The van der Waals surface area contributed by atoms with E-state index in [9.17, 15) is 0 Å². The summed E-state index contributed by atoms with van der Waals surface area (Å²) in [5.41, 5.74) is 6.77. The van der Waals surface area contributed by atoms with Crippen molar-refractivity contribution in [3.05, 3.63) is 29.8 Å². The van der Waals surface area contributed by atoms with Crippen LogP contribution >= 0.6 is 0 Å². The van der Waals surface area contributed by atoms with Crippen LogP contribution in [0.25, 0.3) is 0 Å². The Kier molecular flexibility index (Phi) is 5.86. The summed E-state index contributed by atoms with van der Waals surface area (Å²) in [6, 6.07) is 9.60. The fourth-order valence-electron chi connectivity index (χ4n) is 3.17. The van der Waals surface area contributed by atoms with Gasteiger partial charge in [-0.25, -0.2) is 0 Å². The minimum atomic E-state index is 0.570. The molecule has 2 N–H and O–H groups in total. The highest BCUT2D eigenvalue weighted by molar-refractivity contribution is 5.28. The van der Waals surface area contributed by atoms with Crippen molar-refractivity contribution >= 4 is 0 Å². The lowest BCUT2D eigenvalue weighted by Crippen LogP contribution is -2.35. The molecule has 1 heterocycles. The van der Waals surface area contributed by atoms with Gasteiger partial charge in [-0.05, 0) is 50.3 Å². The molecule has 0 aliphatic carbocycles. The molecule has 0 saturated carbocycles. The fraction of sp³-hybridized carbons (Fsp3) is 0.647. The summed E-state index contributed by atoms with van der Waals surface area (Å²) in [7, 11) is 0. The number of hydrogen-bond donors (Lipinski definition) is 1.